The van der Waals surface area contributed by atoms with Gasteiger partial charge in [-0.25, -0.2) is 4.98 Å². The number of hydrogen-bond acceptors (Lipinski definition) is 4. The number of aliphatic hydroxyl groups is 1. The second-order valence-corrected chi connectivity index (χ2v) is 6.13. The van der Waals surface area contributed by atoms with Crippen molar-refractivity contribution in [3.05, 3.63) is 53.9 Å². The Kier molecular flexibility index (Phi) is 4.30. The predicted molar refractivity (Wildman–Crippen MR) is 93.5 cm³/mol. The molecule has 0 spiro atoms. The van der Waals surface area contributed by atoms with E-state index >= 15 is 0 Å². The quantitative estimate of drug-likeness (QED) is 0.775. The molecule has 0 aliphatic carbocycles. The predicted octanol–water partition coefficient (Wildman–Crippen LogP) is 2.55. The molecule has 0 radical (unpaired) electrons. The first-order valence-electron chi connectivity index (χ1n) is 8.31. The molecule has 0 amide bonds. The molecule has 3 aromatic rings. The number of fused-ring (bicyclic) bond motifs is 1. The van der Waals surface area contributed by atoms with E-state index in [4.69, 9.17) is 4.74 Å². The summed E-state index contributed by atoms with van der Waals surface area (Å²) in [5, 5.41) is 10.6. The molecule has 0 saturated carbocycles. The van der Waals surface area contributed by atoms with Gasteiger partial charge in [0, 0.05) is 42.5 Å². The SMILES string of the molecule is OCc1cccc(-c2c(CN3CCOCC3)[nH]c3ncccc23)c1. The largest absolute Gasteiger partial charge is 0.392 e. The second-order valence-electron chi connectivity index (χ2n) is 6.13. The summed E-state index contributed by atoms with van der Waals surface area (Å²) in [7, 11) is 0. The number of aromatic nitrogens is 2. The number of rotatable bonds is 4. The highest BCUT2D eigenvalue weighted by Crippen LogP contribution is 2.33. The zero-order valence-corrected chi connectivity index (χ0v) is 13.5. The van der Waals surface area contributed by atoms with Gasteiger partial charge in [0.05, 0.1) is 19.8 Å². The van der Waals surface area contributed by atoms with Gasteiger partial charge < -0.3 is 14.8 Å². The van der Waals surface area contributed by atoms with Gasteiger partial charge in [-0.2, -0.15) is 0 Å². The van der Waals surface area contributed by atoms with E-state index in [2.05, 4.69) is 33.1 Å². The maximum absolute atomic E-state index is 9.46. The van der Waals surface area contributed by atoms with E-state index in [0.717, 1.165) is 55.0 Å². The summed E-state index contributed by atoms with van der Waals surface area (Å²) in [4.78, 5) is 10.4. The van der Waals surface area contributed by atoms with Gasteiger partial charge >= 0.3 is 0 Å². The van der Waals surface area contributed by atoms with Crippen molar-refractivity contribution in [2.45, 2.75) is 13.2 Å². The number of aliphatic hydroxyl groups excluding tert-OH is 1. The van der Waals surface area contributed by atoms with Crippen LogP contribution >= 0.6 is 0 Å². The molecule has 1 aliphatic rings. The average Bonchev–Trinajstić information content (AvgIpc) is 3.00. The first-order valence-corrected chi connectivity index (χ1v) is 8.31. The highest BCUT2D eigenvalue weighted by molar-refractivity contribution is 5.95. The molecular formula is C19H21N3O2. The Bertz CT molecular complexity index is 837. The molecule has 1 aliphatic heterocycles. The molecule has 2 aromatic heterocycles. The monoisotopic (exact) mass is 323 g/mol. The van der Waals surface area contributed by atoms with Crippen LogP contribution in [0.25, 0.3) is 22.2 Å². The number of morpholine rings is 1. The summed E-state index contributed by atoms with van der Waals surface area (Å²) in [6, 6.07) is 12.2. The number of nitrogens with zero attached hydrogens (tertiary/aromatic N) is 2. The Morgan fingerprint density at radius 1 is 1.17 bits per heavy atom. The van der Waals surface area contributed by atoms with Crippen molar-refractivity contribution in [1.29, 1.82) is 0 Å². The maximum Gasteiger partial charge on any atom is 0.138 e. The molecule has 5 heteroatoms. The molecule has 0 atom stereocenters. The summed E-state index contributed by atoms with van der Waals surface area (Å²) < 4.78 is 5.45. The fourth-order valence-electron chi connectivity index (χ4n) is 3.33. The van der Waals surface area contributed by atoms with Gasteiger partial charge in [-0.1, -0.05) is 18.2 Å². The Hall–Kier alpha value is -2.21. The lowest BCUT2D eigenvalue weighted by atomic mass is 10.0. The first-order chi connectivity index (χ1) is 11.8. The summed E-state index contributed by atoms with van der Waals surface area (Å²) >= 11 is 0. The van der Waals surface area contributed by atoms with E-state index in [1.165, 1.54) is 11.3 Å². The van der Waals surface area contributed by atoms with Crippen molar-refractivity contribution in [2.75, 3.05) is 26.3 Å². The third-order valence-corrected chi connectivity index (χ3v) is 4.53. The van der Waals surface area contributed by atoms with E-state index in [-0.39, 0.29) is 6.61 Å². The lowest BCUT2D eigenvalue weighted by Crippen LogP contribution is -2.35. The molecule has 1 fully saturated rings. The third kappa shape index (κ3) is 2.94. The van der Waals surface area contributed by atoms with Crippen molar-refractivity contribution < 1.29 is 9.84 Å². The summed E-state index contributed by atoms with van der Waals surface area (Å²) in [6.45, 7) is 4.35. The second kappa shape index (κ2) is 6.73. The van der Waals surface area contributed by atoms with Crippen molar-refractivity contribution >= 4 is 11.0 Å². The number of benzene rings is 1. The molecule has 4 rings (SSSR count). The van der Waals surface area contributed by atoms with Crippen LogP contribution in [0.2, 0.25) is 0 Å². The van der Waals surface area contributed by atoms with Crippen LogP contribution in [0.15, 0.2) is 42.6 Å². The smallest absolute Gasteiger partial charge is 0.138 e. The molecule has 1 saturated heterocycles. The number of ether oxygens (including phenoxy) is 1. The zero-order valence-electron chi connectivity index (χ0n) is 13.5. The number of nitrogens with one attached hydrogen (secondary N) is 1. The number of H-pyrrole nitrogens is 1. The molecule has 2 N–H and O–H groups in total. The maximum atomic E-state index is 9.46. The fraction of sp³-hybridized carbons (Fsp3) is 0.316. The number of hydrogen-bond donors (Lipinski definition) is 2. The fourth-order valence-corrected chi connectivity index (χ4v) is 3.33. The lowest BCUT2D eigenvalue weighted by Gasteiger charge is -2.26. The summed E-state index contributed by atoms with van der Waals surface area (Å²) in [5.74, 6) is 0. The van der Waals surface area contributed by atoms with Crippen LogP contribution in [-0.2, 0) is 17.9 Å². The molecule has 24 heavy (non-hydrogen) atoms. The molecule has 1 aromatic carbocycles. The van der Waals surface area contributed by atoms with Crippen LogP contribution < -0.4 is 0 Å². The van der Waals surface area contributed by atoms with E-state index in [1.54, 1.807) is 0 Å². The van der Waals surface area contributed by atoms with Gasteiger partial charge in [0.1, 0.15) is 5.65 Å². The minimum absolute atomic E-state index is 0.0489. The van der Waals surface area contributed by atoms with Crippen LogP contribution in [0, 0.1) is 0 Å². The van der Waals surface area contributed by atoms with E-state index in [9.17, 15) is 5.11 Å². The van der Waals surface area contributed by atoms with Gasteiger partial charge in [0.25, 0.3) is 0 Å². The van der Waals surface area contributed by atoms with Gasteiger partial charge in [0.15, 0.2) is 0 Å². The summed E-state index contributed by atoms with van der Waals surface area (Å²) in [5.41, 5.74) is 5.29. The highest BCUT2D eigenvalue weighted by atomic mass is 16.5. The Morgan fingerprint density at radius 2 is 2.04 bits per heavy atom. The molecule has 3 heterocycles. The van der Waals surface area contributed by atoms with Crippen molar-refractivity contribution in [1.82, 2.24) is 14.9 Å². The van der Waals surface area contributed by atoms with Crippen LogP contribution in [0.5, 0.6) is 0 Å². The average molecular weight is 323 g/mol. The van der Waals surface area contributed by atoms with E-state index < -0.39 is 0 Å². The molecule has 5 nitrogen and oxygen atoms in total. The van der Waals surface area contributed by atoms with Gasteiger partial charge in [0.2, 0.25) is 0 Å². The van der Waals surface area contributed by atoms with Crippen LogP contribution in [0.3, 0.4) is 0 Å². The van der Waals surface area contributed by atoms with E-state index in [0.29, 0.717) is 0 Å². The minimum Gasteiger partial charge on any atom is -0.392 e. The molecular weight excluding hydrogens is 302 g/mol. The third-order valence-electron chi connectivity index (χ3n) is 4.53. The Morgan fingerprint density at radius 3 is 2.88 bits per heavy atom. The van der Waals surface area contributed by atoms with Gasteiger partial charge in [-0.15, -0.1) is 0 Å². The van der Waals surface area contributed by atoms with Crippen molar-refractivity contribution in [3.8, 4) is 11.1 Å². The van der Waals surface area contributed by atoms with Crippen molar-refractivity contribution in [3.63, 3.8) is 0 Å². The number of pyridine rings is 1. The zero-order chi connectivity index (χ0) is 16.4. The number of aromatic amines is 1. The molecule has 0 bridgehead atoms. The minimum atomic E-state index is 0.0489. The Balaban J connectivity index is 1.80. The molecule has 0 unspecified atom stereocenters. The first kappa shape index (κ1) is 15.3. The normalized spacial score (nSPS) is 15.9. The van der Waals surface area contributed by atoms with Crippen LogP contribution in [-0.4, -0.2) is 46.3 Å². The standard InChI is InChI=1S/C19H21N3O2/c23-13-14-3-1-4-15(11-14)18-16-5-2-6-20-19(16)21-17(18)12-22-7-9-24-10-8-22/h1-6,11,23H,7-10,12-13H2,(H,20,21). The highest BCUT2D eigenvalue weighted by Gasteiger charge is 2.18. The Labute approximate surface area is 140 Å². The van der Waals surface area contributed by atoms with Crippen molar-refractivity contribution in [2.24, 2.45) is 0 Å². The van der Waals surface area contributed by atoms with Crippen LogP contribution in [0.1, 0.15) is 11.3 Å². The lowest BCUT2D eigenvalue weighted by molar-refractivity contribution is 0.0338. The molecule has 124 valence electrons. The van der Waals surface area contributed by atoms with Gasteiger partial charge in [-0.3, -0.25) is 4.90 Å². The van der Waals surface area contributed by atoms with Gasteiger partial charge in [-0.05, 0) is 29.3 Å². The summed E-state index contributed by atoms with van der Waals surface area (Å²) in [6.07, 6.45) is 1.81. The topological polar surface area (TPSA) is 61.4 Å². The van der Waals surface area contributed by atoms with Crippen LogP contribution in [0.4, 0.5) is 0 Å². The van der Waals surface area contributed by atoms with E-state index in [1.807, 2.05) is 24.4 Å².